The summed E-state index contributed by atoms with van der Waals surface area (Å²) in [7, 11) is -4.17. The van der Waals surface area contributed by atoms with Crippen molar-refractivity contribution in [2.45, 2.75) is 29.3 Å². The molecular weight excluding hydrogens is 500 g/mol. The maximum atomic E-state index is 14.0. The average molecular weight is 523 g/mol. The molecule has 0 amide bonds. The van der Waals surface area contributed by atoms with Crippen LogP contribution in [-0.4, -0.2) is 50.6 Å². The number of aliphatic carboxylic acids is 1. The van der Waals surface area contributed by atoms with Crippen molar-refractivity contribution in [1.82, 2.24) is 19.1 Å². The molecule has 0 bridgehead atoms. The molecule has 1 aromatic heterocycles. The highest BCUT2D eigenvalue weighted by Gasteiger charge is 2.67. The van der Waals surface area contributed by atoms with E-state index >= 15 is 0 Å². The van der Waals surface area contributed by atoms with Gasteiger partial charge in [-0.25, -0.2) is 13.4 Å². The van der Waals surface area contributed by atoms with Crippen LogP contribution in [0.2, 0.25) is 5.02 Å². The number of benzene rings is 3. The summed E-state index contributed by atoms with van der Waals surface area (Å²) < 4.78 is 30.5. The van der Waals surface area contributed by atoms with Gasteiger partial charge in [0.15, 0.2) is 0 Å². The van der Waals surface area contributed by atoms with E-state index in [2.05, 4.69) is 10.1 Å². The molecular formula is C26H23ClN4O4S. The number of sulfonamides is 1. The van der Waals surface area contributed by atoms with E-state index in [1.165, 1.54) is 29.5 Å². The normalized spacial score (nSPS) is 19.3. The second-order valence-electron chi connectivity index (χ2n) is 8.66. The van der Waals surface area contributed by atoms with Gasteiger partial charge >= 0.3 is 5.97 Å². The zero-order chi connectivity index (χ0) is 25.3. The molecule has 1 N–H and O–H groups in total. The third kappa shape index (κ3) is 4.41. The van der Waals surface area contributed by atoms with Crippen molar-refractivity contribution in [3.63, 3.8) is 0 Å². The zero-order valence-corrected chi connectivity index (χ0v) is 20.7. The lowest BCUT2D eigenvalue weighted by Gasteiger charge is -2.29. The number of carboxylic acid groups (broad SMARTS) is 1. The van der Waals surface area contributed by atoms with Crippen LogP contribution < -0.4 is 0 Å². The quantitative estimate of drug-likeness (QED) is 0.351. The first kappa shape index (κ1) is 24.2. The molecule has 0 radical (unpaired) electrons. The Hall–Kier alpha value is -3.53. The van der Waals surface area contributed by atoms with Crippen LogP contribution in [-0.2, 0) is 21.4 Å². The summed E-state index contributed by atoms with van der Waals surface area (Å²) in [5, 5.41) is 15.0. The predicted molar refractivity (Wildman–Crippen MR) is 135 cm³/mol. The third-order valence-electron chi connectivity index (χ3n) is 6.57. The van der Waals surface area contributed by atoms with Gasteiger partial charge in [0, 0.05) is 17.5 Å². The number of carbonyl (C=O) groups is 1. The van der Waals surface area contributed by atoms with Crippen LogP contribution in [0.3, 0.4) is 0 Å². The van der Waals surface area contributed by atoms with Crippen molar-refractivity contribution in [1.29, 1.82) is 0 Å². The van der Waals surface area contributed by atoms with Crippen molar-refractivity contribution in [3.8, 4) is 11.1 Å². The fraction of sp³-hybridized carbons (Fsp3) is 0.192. The highest BCUT2D eigenvalue weighted by Crippen LogP contribution is 2.57. The molecule has 1 saturated carbocycles. The van der Waals surface area contributed by atoms with Crippen LogP contribution in [0.4, 0.5) is 0 Å². The Labute approximate surface area is 213 Å². The van der Waals surface area contributed by atoms with Gasteiger partial charge in [0.25, 0.3) is 0 Å². The first-order chi connectivity index (χ1) is 17.3. The third-order valence-corrected chi connectivity index (χ3v) is 8.78. The molecule has 1 heterocycles. The fourth-order valence-corrected chi connectivity index (χ4v) is 6.51. The predicted octanol–water partition coefficient (Wildman–Crippen LogP) is 4.30. The molecule has 2 atom stereocenters. The minimum absolute atomic E-state index is 0.0261. The standard InChI is InChI=1S/C26H23ClN4O4S/c27-22-10-6-19(7-11-22)20-8-12-23(13-9-20)36(34,35)31(15-14-30-18-28-17-29-30)26(25(32)33)16-24(26)21-4-2-1-3-5-21/h1-13,17-18,24H,14-16H2,(H,32,33)/t24-,26+/m0/s1. The topological polar surface area (TPSA) is 105 Å². The van der Waals surface area contributed by atoms with E-state index in [0.717, 1.165) is 21.0 Å². The molecule has 1 aliphatic carbocycles. The molecule has 184 valence electrons. The van der Waals surface area contributed by atoms with E-state index in [1.54, 1.807) is 24.3 Å². The molecule has 0 spiro atoms. The summed E-state index contributed by atoms with van der Waals surface area (Å²) in [5.74, 6) is -1.63. The van der Waals surface area contributed by atoms with E-state index in [0.29, 0.717) is 5.02 Å². The smallest absolute Gasteiger partial charge is 0.325 e. The van der Waals surface area contributed by atoms with E-state index in [4.69, 9.17) is 11.6 Å². The molecule has 8 nitrogen and oxygen atoms in total. The van der Waals surface area contributed by atoms with Gasteiger partial charge in [-0.3, -0.25) is 9.48 Å². The maximum Gasteiger partial charge on any atom is 0.325 e. The lowest BCUT2D eigenvalue weighted by molar-refractivity contribution is -0.143. The summed E-state index contributed by atoms with van der Waals surface area (Å²) in [6.45, 7) is 0.0961. The molecule has 3 aromatic carbocycles. The molecule has 4 aromatic rings. The van der Waals surface area contributed by atoms with E-state index < -0.39 is 27.4 Å². The van der Waals surface area contributed by atoms with Gasteiger partial charge in [-0.2, -0.15) is 9.40 Å². The van der Waals surface area contributed by atoms with Crippen molar-refractivity contribution < 1.29 is 18.3 Å². The molecule has 0 aliphatic heterocycles. The Morgan fingerprint density at radius 1 is 1.03 bits per heavy atom. The van der Waals surface area contributed by atoms with Crippen molar-refractivity contribution in [2.24, 2.45) is 0 Å². The van der Waals surface area contributed by atoms with Crippen molar-refractivity contribution in [2.75, 3.05) is 6.54 Å². The average Bonchev–Trinajstić information content (AvgIpc) is 3.42. The highest BCUT2D eigenvalue weighted by molar-refractivity contribution is 7.89. The molecule has 10 heteroatoms. The van der Waals surface area contributed by atoms with Gasteiger partial charge in [-0.1, -0.05) is 66.2 Å². The van der Waals surface area contributed by atoms with E-state index in [9.17, 15) is 18.3 Å². The number of hydrogen-bond donors (Lipinski definition) is 1. The van der Waals surface area contributed by atoms with Crippen LogP contribution in [0.15, 0.2) is 96.4 Å². The fourth-order valence-electron chi connectivity index (χ4n) is 4.61. The molecule has 0 saturated heterocycles. The Kier molecular flexibility index (Phi) is 6.38. The summed E-state index contributed by atoms with van der Waals surface area (Å²) >= 11 is 5.97. The van der Waals surface area contributed by atoms with Crippen molar-refractivity contribution in [3.05, 3.63) is 102 Å². The molecule has 1 aliphatic rings. The van der Waals surface area contributed by atoms with Crippen LogP contribution in [0.25, 0.3) is 11.1 Å². The van der Waals surface area contributed by atoms with Crippen LogP contribution in [0.5, 0.6) is 0 Å². The summed E-state index contributed by atoms with van der Waals surface area (Å²) in [5.41, 5.74) is 0.912. The largest absolute Gasteiger partial charge is 0.480 e. The molecule has 0 unspecified atom stereocenters. The second kappa shape index (κ2) is 9.50. The van der Waals surface area contributed by atoms with Crippen LogP contribution in [0.1, 0.15) is 17.9 Å². The lowest BCUT2D eigenvalue weighted by Crippen LogP contribution is -2.49. The zero-order valence-electron chi connectivity index (χ0n) is 19.1. The number of nitrogens with zero attached hydrogens (tertiary/aromatic N) is 4. The Bertz CT molecular complexity index is 1460. The van der Waals surface area contributed by atoms with Crippen LogP contribution >= 0.6 is 11.6 Å². The number of aromatic nitrogens is 3. The minimum atomic E-state index is -4.17. The highest BCUT2D eigenvalue weighted by atomic mass is 35.5. The first-order valence-corrected chi connectivity index (χ1v) is 13.1. The summed E-state index contributed by atoms with van der Waals surface area (Å²) in [6.07, 6.45) is 3.01. The van der Waals surface area contributed by atoms with Gasteiger partial charge < -0.3 is 5.11 Å². The van der Waals surface area contributed by atoms with Gasteiger partial charge in [0.1, 0.15) is 18.2 Å². The first-order valence-electron chi connectivity index (χ1n) is 11.3. The molecule has 36 heavy (non-hydrogen) atoms. The number of hydrogen-bond acceptors (Lipinski definition) is 5. The second-order valence-corrected chi connectivity index (χ2v) is 11.0. The number of rotatable bonds is 9. The Morgan fingerprint density at radius 3 is 2.25 bits per heavy atom. The minimum Gasteiger partial charge on any atom is -0.480 e. The van der Waals surface area contributed by atoms with Crippen molar-refractivity contribution >= 4 is 27.6 Å². The number of carboxylic acids is 1. The van der Waals surface area contributed by atoms with Gasteiger partial charge in [0.05, 0.1) is 11.4 Å². The van der Waals surface area contributed by atoms with Crippen LogP contribution in [0, 0.1) is 0 Å². The number of halogens is 1. The Balaban J connectivity index is 1.52. The monoisotopic (exact) mass is 522 g/mol. The lowest BCUT2D eigenvalue weighted by atomic mass is 10.1. The Morgan fingerprint density at radius 2 is 1.67 bits per heavy atom. The maximum absolute atomic E-state index is 14.0. The molecule has 1 fully saturated rings. The van der Waals surface area contributed by atoms with Gasteiger partial charge in [0.2, 0.25) is 10.0 Å². The van der Waals surface area contributed by atoms with Gasteiger partial charge in [-0.05, 0) is 47.4 Å². The SMILES string of the molecule is O=C(O)[C@@]1(N(CCn2cncn2)S(=O)(=O)c2ccc(-c3ccc(Cl)cc3)cc2)C[C@H]1c1ccccc1. The van der Waals surface area contributed by atoms with Gasteiger partial charge in [-0.15, -0.1) is 0 Å². The van der Waals surface area contributed by atoms with E-state index in [-0.39, 0.29) is 24.4 Å². The van der Waals surface area contributed by atoms with E-state index in [1.807, 2.05) is 42.5 Å². The summed E-state index contributed by atoms with van der Waals surface area (Å²) in [6, 6.07) is 22.8. The molecule has 5 rings (SSSR count). The summed E-state index contributed by atoms with van der Waals surface area (Å²) in [4.78, 5) is 16.6.